The van der Waals surface area contributed by atoms with E-state index < -0.39 is 28.9 Å². The predicted octanol–water partition coefficient (Wildman–Crippen LogP) is 0.893. The van der Waals surface area contributed by atoms with Gasteiger partial charge in [-0.3, -0.25) is 19.7 Å². The number of carbonyl (C=O) groups excluding carboxylic acids is 2. The maximum Gasteiger partial charge on any atom is 0.290 e. The van der Waals surface area contributed by atoms with Gasteiger partial charge in [0.1, 0.15) is 28.3 Å². The minimum absolute atomic E-state index is 0.0219. The molecule has 3 aliphatic rings. The fraction of sp³-hybridized carbons (Fsp3) is 0.444. The summed E-state index contributed by atoms with van der Waals surface area (Å²) < 4.78 is 22.0. The van der Waals surface area contributed by atoms with Crippen LogP contribution in [0.4, 0.5) is 5.82 Å². The molecule has 8 N–H and O–H groups in total. The van der Waals surface area contributed by atoms with Crippen LogP contribution in [0.3, 0.4) is 0 Å². The highest BCUT2D eigenvalue weighted by Crippen LogP contribution is 2.35. The van der Waals surface area contributed by atoms with Crippen LogP contribution in [-0.4, -0.2) is 88.6 Å². The number of amides is 2. The van der Waals surface area contributed by atoms with Crippen LogP contribution in [0.15, 0.2) is 45.7 Å². The van der Waals surface area contributed by atoms with Gasteiger partial charge in [-0.2, -0.15) is 9.35 Å². The summed E-state index contributed by atoms with van der Waals surface area (Å²) in [6.45, 7) is 6.23. The number of nitrogens with one attached hydrogen (secondary N) is 4. The summed E-state index contributed by atoms with van der Waals surface area (Å²) in [5, 5.41) is 26.4. The number of β-lactam (4-membered cyclic amide) rings is 1. The van der Waals surface area contributed by atoms with Gasteiger partial charge in [0.2, 0.25) is 0 Å². The van der Waals surface area contributed by atoms with E-state index in [1.165, 1.54) is 0 Å². The van der Waals surface area contributed by atoms with Crippen molar-refractivity contribution in [3.05, 3.63) is 40.5 Å². The smallest absolute Gasteiger partial charge is 0.290 e. The second-order valence-electron chi connectivity index (χ2n) is 10.8. The zero-order chi connectivity index (χ0) is 33.4. The summed E-state index contributed by atoms with van der Waals surface area (Å²) >= 11 is 7.45. The van der Waals surface area contributed by atoms with Gasteiger partial charge in [-0.25, -0.2) is 4.57 Å². The number of pyridine rings is 1. The van der Waals surface area contributed by atoms with E-state index in [1.807, 2.05) is 37.5 Å². The van der Waals surface area contributed by atoms with E-state index in [9.17, 15) is 9.59 Å². The highest BCUT2D eigenvalue weighted by atomic mass is 35.5. The Labute approximate surface area is 278 Å². The Bertz CT molecular complexity index is 1510. The van der Waals surface area contributed by atoms with E-state index >= 15 is 0 Å². The number of nitrogens with zero attached hydrogens (tertiary/aromatic N) is 3. The molecular weight excluding hydrogens is 664 g/mol. The quantitative estimate of drug-likeness (QED) is 0.0294. The van der Waals surface area contributed by atoms with Crippen LogP contribution >= 0.6 is 35.7 Å². The molecule has 2 saturated heterocycles. The third-order valence-electron chi connectivity index (χ3n) is 7.36. The van der Waals surface area contributed by atoms with Crippen molar-refractivity contribution in [3.8, 4) is 5.75 Å². The number of ether oxygens (including phenoxy) is 1. The molecule has 2 fully saturated rings. The topological polar surface area (TPSA) is 213 Å². The monoisotopic (exact) mass is 699 g/mol. The lowest BCUT2D eigenvalue weighted by atomic mass is 9.84. The maximum atomic E-state index is 13.2. The lowest BCUT2D eigenvalue weighted by Crippen LogP contribution is -2.76. The number of rotatable bonds is 13. The van der Waals surface area contributed by atoms with Gasteiger partial charge >= 0.3 is 0 Å². The first-order chi connectivity index (χ1) is 22.0. The zero-order valence-electron chi connectivity index (χ0n) is 25.2. The number of thioether (sulfide) groups is 1. The standard InChI is InChI=1S/C26H33ClN8O6S2.CH2O2/c1-26(2)20(24(37)35(26)41-43-38)32-23(36)19(18-21(27)42-25(28)31-18)33-40-9-8-39-16-4-5-17-15(10-16)6-7-34(3)22(17)30-13-14-11-29-12-14;2-1-3/h4-7,10,14,20,25,29,31H,8-9,11-13,28H2,1-3H3,(H2,32,36,38);1H,(H,2,3)/p+1/b33-19-;/t20-,25?;/m1./s1. The van der Waals surface area contributed by atoms with Gasteiger partial charge in [-0.1, -0.05) is 28.5 Å². The highest BCUT2D eigenvalue weighted by molar-refractivity contribution is 8.05. The van der Waals surface area contributed by atoms with Gasteiger partial charge in [0.05, 0.1) is 36.4 Å². The fourth-order valence-electron chi connectivity index (χ4n) is 4.82. The molecule has 1 aromatic carbocycles. The van der Waals surface area contributed by atoms with Crippen molar-refractivity contribution in [3.63, 3.8) is 0 Å². The summed E-state index contributed by atoms with van der Waals surface area (Å²) in [7, 11) is 2.01. The third kappa shape index (κ3) is 8.06. The number of aromatic nitrogens is 1. The maximum absolute atomic E-state index is 13.2. The molecule has 250 valence electrons. The van der Waals surface area contributed by atoms with Crippen molar-refractivity contribution in [1.82, 2.24) is 21.0 Å². The molecule has 3 aliphatic heterocycles. The second kappa shape index (κ2) is 15.9. The zero-order valence-corrected chi connectivity index (χ0v) is 27.6. The number of anilines is 1. The van der Waals surface area contributed by atoms with Crippen LogP contribution in [0, 0.1) is 5.92 Å². The van der Waals surface area contributed by atoms with Crippen molar-refractivity contribution in [2.75, 3.05) is 38.2 Å². The summed E-state index contributed by atoms with van der Waals surface area (Å²) in [5.41, 5.74) is 4.40. The number of nitrogens with two attached hydrogens (primary N) is 1. The fourth-order valence-corrected chi connectivity index (χ4v) is 6.26. The summed E-state index contributed by atoms with van der Waals surface area (Å²) in [6, 6.07) is 6.96. The largest absolute Gasteiger partial charge is 0.490 e. The van der Waals surface area contributed by atoms with Gasteiger partial charge in [-0.05, 0) is 43.5 Å². The van der Waals surface area contributed by atoms with Crippen LogP contribution in [-0.2, 0) is 30.6 Å². The van der Waals surface area contributed by atoms with E-state index in [1.54, 1.807) is 13.8 Å². The SMILES string of the molecule is C[n+]1ccc2cc(OCCO/N=C(\C(=O)N[C@@H]3C(=O)N(OSO)C3(C)C)C3=C(Cl)SC(N)N3)ccc2c1NCC1CNC1.O=CO. The van der Waals surface area contributed by atoms with Crippen LogP contribution < -0.4 is 36.3 Å². The lowest BCUT2D eigenvalue weighted by molar-refractivity contribution is -0.656. The van der Waals surface area contributed by atoms with Crippen LogP contribution in [0.5, 0.6) is 5.75 Å². The van der Waals surface area contributed by atoms with Gasteiger partial charge < -0.3 is 40.9 Å². The van der Waals surface area contributed by atoms with Crippen LogP contribution in [0.1, 0.15) is 13.8 Å². The number of benzene rings is 1. The normalized spacial score (nSPS) is 20.6. The number of hydrogen-bond acceptors (Lipinski definition) is 14. The molecule has 4 heterocycles. The van der Waals surface area contributed by atoms with Crippen LogP contribution in [0.25, 0.3) is 10.8 Å². The van der Waals surface area contributed by atoms with Crippen molar-refractivity contribution >= 4 is 76.3 Å². The summed E-state index contributed by atoms with van der Waals surface area (Å²) in [6.07, 6.45) is 2.01. The molecule has 46 heavy (non-hydrogen) atoms. The van der Waals surface area contributed by atoms with E-state index in [-0.39, 0.29) is 47.8 Å². The Morgan fingerprint density at radius 3 is 2.70 bits per heavy atom. The predicted molar refractivity (Wildman–Crippen MR) is 173 cm³/mol. The Kier molecular flexibility index (Phi) is 12.2. The number of fused-ring (bicyclic) bond motifs is 1. The molecule has 0 bridgehead atoms. The minimum atomic E-state index is -0.941. The van der Waals surface area contributed by atoms with E-state index in [0.29, 0.717) is 11.7 Å². The third-order valence-corrected chi connectivity index (χ3v) is 8.81. The molecule has 0 radical (unpaired) electrons. The molecule has 0 saturated carbocycles. The first-order valence-electron chi connectivity index (χ1n) is 14.0. The van der Waals surface area contributed by atoms with Crippen molar-refractivity contribution in [2.45, 2.75) is 30.9 Å². The molecule has 16 nitrogen and oxygen atoms in total. The van der Waals surface area contributed by atoms with Crippen molar-refractivity contribution < 1.29 is 42.5 Å². The molecular formula is C27H36ClN8O8S2+. The molecule has 0 aliphatic carbocycles. The molecule has 2 aromatic rings. The number of aryl methyl sites for hydroxylation is 1. The Morgan fingerprint density at radius 2 is 2.09 bits per heavy atom. The highest BCUT2D eigenvalue weighted by Gasteiger charge is 2.57. The molecule has 5 rings (SSSR count). The van der Waals surface area contributed by atoms with Crippen molar-refractivity contribution in [2.24, 2.45) is 23.9 Å². The average molecular weight is 700 g/mol. The molecule has 19 heteroatoms. The Morgan fingerprint density at radius 1 is 1.35 bits per heavy atom. The van der Waals surface area contributed by atoms with Crippen molar-refractivity contribution in [1.29, 1.82) is 0 Å². The molecule has 2 atom stereocenters. The number of carbonyl (C=O) groups is 3. The summed E-state index contributed by atoms with van der Waals surface area (Å²) in [5.74, 6) is 1.08. The van der Waals surface area contributed by atoms with Gasteiger partial charge in [-0.15, -0.1) is 0 Å². The molecule has 0 spiro atoms. The van der Waals surface area contributed by atoms with Gasteiger partial charge in [0.15, 0.2) is 24.6 Å². The van der Waals surface area contributed by atoms with Gasteiger partial charge in [0, 0.05) is 19.0 Å². The number of hydroxylamine groups is 2. The first kappa shape index (κ1) is 35.3. The molecule has 1 unspecified atom stereocenters. The number of oxime groups is 1. The molecule has 1 aromatic heterocycles. The van der Waals surface area contributed by atoms with E-state index in [2.05, 4.69) is 31.0 Å². The number of hydrogen-bond donors (Lipinski definition) is 7. The molecule has 2 amide bonds. The Balaban J connectivity index is 0.00000154. The summed E-state index contributed by atoms with van der Waals surface area (Å²) in [4.78, 5) is 39.5. The van der Waals surface area contributed by atoms with Gasteiger partial charge in [0.25, 0.3) is 24.1 Å². The van der Waals surface area contributed by atoms with Crippen LogP contribution in [0.2, 0.25) is 0 Å². The second-order valence-corrected chi connectivity index (χ2v) is 12.9. The first-order valence-corrected chi connectivity index (χ1v) is 16.0. The lowest BCUT2D eigenvalue weighted by Gasteiger charge is -2.50. The van der Waals surface area contributed by atoms with E-state index in [0.717, 1.165) is 53.0 Å². The minimum Gasteiger partial charge on any atom is -0.490 e. The Hall–Kier alpha value is -3.52. The average Bonchev–Trinajstić information content (AvgIpc) is 3.33. The number of halogens is 1. The van der Waals surface area contributed by atoms with E-state index in [4.69, 9.17) is 45.6 Å². The number of carboxylic acid groups (broad SMARTS) is 1.